The van der Waals surface area contributed by atoms with Crippen molar-refractivity contribution in [2.45, 2.75) is 30.7 Å². The van der Waals surface area contributed by atoms with Crippen molar-refractivity contribution in [1.82, 2.24) is 9.78 Å². The molecule has 0 bridgehead atoms. The normalized spacial score (nSPS) is 20.1. The number of carbonyl (C=O) groups is 1. The smallest absolute Gasteiger partial charge is 0.269 e. The number of primary amides is 1. The summed E-state index contributed by atoms with van der Waals surface area (Å²) in [6.07, 6.45) is 7.23. The number of nitrogens with two attached hydrogens (primary N) is 1. The lowest BCUT2D eigenvalue weighted by Gasteiger charge is -2.35. The minimum atomic E-state index is -0.460. The zero-order valence-corrected chi connectivity index (χ0v) is 17.4. The zero-order valence-electron chi connectivity index (χ0n) is 17.4. The SMILES string of the molecule is CN(C)c1ccc(C2(c3ccccc3)C=Cc3c(C(N)=O)nn(C4CC4)c3C2)cc1. The van der Waals surface area contributed by atoms with Gasteiger partial charge >= 0.3 is 0 Å². The van der Waals surface area contributed by atoms with Crippen molar-refractivity contribution in [1.29, 1.82) is 0 Å². The number of benzene rings is 2. The van der Waals surface area contributed by atoms with Gasteiger partial charge in [-0.3, -0.25) is 9.48 Å². The third kappa shape index (κ3) is 2.93. The Morgan fingerprint density at radius 3 is 2.33 bits per heavy atom. The third-order valence-electron chi connectivity index (χ3n) is 6.34. The van der Waals surface area contributed by atoms with Crippen molar-refractivity contribution in [2.24, 2.45) is 5.73 Å². The first-order valence-electron chi connectivity index (χ1n) is 10.4. The second-order valence-electron chi connectivity index (χ2n) is 8.54. The van der Waals surface area contributed by atoms with Crippen LogP contribution in [0.5, 0.6) is 0 Å². The van der Waals surface area contributed by atoms with Crippen LogP contribution >= 0.6 is 0 Å². The molecular formula is C25H26N4O. The quantitative estimate of drug-likeness (QED) is 0.708. The van der Waals surface area contributed by atoms with Crippen molar-refractivity contribution in [2.75, 3.05) is 19.0 Å². The van der Waals surface area contributed by atoms with Crippen LogP contribution in [0.3, 0.4) is 0 Å². The third-order valence-corrected chi connectivity index (χ3v) is 6.34. The van der Waals surface area contributed by atoms with Crippen LogP contribution in [0.25, 0.3) is 6.08 Å². The molecule has 5 nitrogen and oxygen atoms in total. The summed E-state index contributed by atoms with van der Waals surface area (Å²) in [5.41, 5.74) is 11.3. The van der Waals surface area contributed by atoms with E-state index in [0.717, 1.165) is 30.5 Å². The van der Waals surface area contributed by atoms with E-state index in [9.17, 15) is 4.79 Å². The standard InChI is InChI=1S/C25H26N4O/c1-28(2)19-10-8-18(9-11-19)25(17-6-4-3-5-7-17)15-14-21-22(16-25)29(20-12-13-20)27-23(21)24(26)30/h3-11,14-15,20H,12-13,16H2,1-2H3,(H2,26,30). The van der Waals surface area contributed by atoms with Gasteiger partial charge in [0.1, 0.15) is 0 Å². The maximum Gasteiger partial charge on any atom is 0.269 e. The van der Waals surface area contributed by atoms with Gasteiger partial charge in [0.25, 0.3) is 5.91 Å². The minimum Gasteiger partial charge on any atom is -0.378 e. The van der Waals surface area contributed by atoms with E-state index < -0.39 is 5.91 Å². The van der Waals surface area contributed by atoms with Crippen LogP contribution in [0.4, 0.5) is 5.69 Å². The molecule has 1 atom stereocenters. The van der Waals surface area contributed by atoms with Gasteiger partial charge in [0, 0.05) is 42.9 Å². The molecule has 3 aromatic rings. The van der Waals surface area contributed by atoms with Crippen LogP contribution in [-0.4, -0.2) is 29.8 Å². The fraction of sp³-hybridized carbons (Fsp3) is 0.280. The highest BCUT2D eigenvalue weighted by Gasteiger charge is 2.40. The van der Waals surface area contributed by atoms with Crippen LogP contribution in [0, 0.1) is 0 Å². The van der Waals surface area contributed by atoms with Crippen molar-refractivity contribution in [3.05, 3.63) is 88.8 Å². The molecule has 5 heteroatoms. The summed E-state index contributed by atoms with van der Waals surface area (Å²) < 4.78 is 2.06. The highest BCUT2D eigenvalue weighted by atomic mass is 16.1. The molecule has 1 saturated carbocycles. The number of rotatable bonds is 5. The Hall–Kier alpha value is -3.34. The summed E-state index contributed by atoms with van der Waals surface area (Å²) in [5.74, 6) is -0.460. The van der Waals surface area contributed by atoms with Crippen LogP contribution in [0.1, 0.15) is 51.8 Å². The molecule has 2 aliphatic carbocycles. The lowest BCUT2D eigenvalue weighted by Crippen LogP contribution is -2.31. The molecule has 0 aliphatic heterocycles. The summed E-state index contributed by atoms with van der Waals surface area (Å²) >= 11 is 0. The second-order valence-corrected chi connectivity index (χ2v) is 8.54. The second kappa shape index (κ2) is 6.87. The Bertz CT molecular complexity index is 1120. The summed E-state index contributed by atoms with van der Waals surface area (Å²) in [6, 6.07) is 19.7. The fourth-order valence-electron chi connectivity index (χ4n) is 4.54. The summed E-state index contributed by atoms with van der Waals surface area (Å²) in [6.45, 7) is 0. The largest absolute Gasteiger partial charge is 0.378 e. The summed E-state index contributed by atoms with van der Waals surface area (Å²) in [4.78, 5) is 14.1. The number of hydrogen-bond donors (Lipinski definition) is 1. The molecule has 0 radical (unpaired) electrons. The Kier molecular flexibility index (Phi) is 4.28. The maximum atomic E-state index is 12.0. The van der Waals surface area contributed by atoms with Gasteiger partial charge in [-0.05, 0) is 36.1 Å². The lowest BCUT2D eigenvalue weighted by molar-refractivity contribution is 0.0994. The van der Waals surface area contributed by atoms with Crippen LogP contribution in [0.2, 0.25) is 0 Å². The number of hydrogen-bond acceptors (Lipinski definition) is 3. The lowest BCUT2D eigenvalue weighted by atomic mass is 9.68. The van der Waals surface area contributed by atoms with Crippen molar-refractivity contribution in [3.8, 4) is 0 Å². The molecule has 5 rings (SSSR count). The molecule has 1 amide bonds. The monoisotopic (exact) mass is 398 g/mol. The number of aromatic nitrogens is 2. The molecule has 1 unspecified atom stereocenters. The van der Waals surface area contributed by atoms with Crippen LogP contribution in [0.15, 0.2) is 60.7 Å². The number of nitrogens with zero attached hydrogens (tertiary/aromatic N) is 3. The number of anilines is 1. The predicted molar refractivity (Wildman–Crippen MR) is 120 cm³/mol. The Labute approximate surface area is 176 Å². The molecule has 2 N–H and O–H groups in total. The zero-order chi connectivity index (χ0) is 20.9. The molecule has 1 aromatic heterocycles. The van der Waals surface area contributed by atoms with Gasteiger partial charge in [-0.1, -0.05) is 54.6 Å². The molecule has 1 heterocycles. The molecular weight excluding hydrogens is 372 g/mol. The number of allylic oxidation sites excluding steroid dienone is 1. The van der Waals surface area contributed by atoms with Gasteiger partial charge in [0.05, 0.1) is 6.04 Å². The van der Waals surface area contributed by atoms with Crippen molar-refractivity contribution in [3.63, 3.8) is 0 Å². The van der Waals surface area contributed by atoms with Crippen molar-refractivity contribution < 1.29 is 4.79 Å². The topological polar surface area (TPSA) is 64.2 Å². The van der Waals surface area contributed by atoms with Crippen molar-refractivity contribution >= 4 is 17.7 Å². The van der Waals surface area contributed by atoms with E-state index in [1.54, 1.807) is 0 Å². The van der Waals surface area contributed by atoms with Gasteiger partial charge in [0.15, 0.2) is 5.69 Å². The van der Waals surface area contributed by atoms with E-state index in [2.05, 4.69) is 75.4 Å². The van der Waals surface area contributed by atoms with E-state index in [-0.39, 0.29) is 5.41 Å². The maximum absolute atomic E-state index is 12.0. The highest BCUT2D eigenvalue weighted by Crippen LogP contribution is 2.45. The first-order valence-corrected chi connectivity index (χ1v) is 10.4. The number of amides is 1. The molecule has 2 aliphatic rings. The molecule has 1 fully saturated rings. The average Bonchev–Trinajstić information content (AvgIpc) is 3.54. The first-order chi connectivity index (χ1) is 14.5. The summed E-state index contributed by atoms with van der Waals surface area (Å²) in [5, 5.41) is 4.63. The van der Waals surface area contributed by atoms with Gasteiger partial charge in [-0.15, -0.1) is 0 Å². The molecule has 0 saturated heterocycles. The minimum absolute atomic E-state index is 0.319. The van der Waals surface area contributed by atoms with Crippen LogP contribution < -0.4 is 10.6 Å². The van der Waals surface area contributed by atoms with E-state index >= 15 is 0 Å². The van der Waals surface area contributed by atoms with Crippen LogP contribution in [-0.2, 0) is 11.8 Å². The molecule has 30 heavy (non-hydrogen) atoms. The van der Waals surface area contributed by atoms with E-state index in [1.807, 2.05) is 20.2 Å². The number of fused-ring (bicyclic) bond motifs is 1. The molecule has 152 valence electrons. The van der Waals surface area contributed by atoms with E-state index in [4.69, 9.17) is 5.73 Å². The number of carbonyl (C=O) groups excluding carboxylic acids is 1. The summed E-state index contributed by atoms with van der Waals surface area (Å²) in [7, 11) is 4.10. The van der Waals surface area contributed by atoms with Gasteiger partial charge in [0.2, 0.25) is 0 Å². The van der Waals surface area contributed by atoms with Gasteiger partial charge in [-0.25, -0.2) is 0 Å². The Morgan fingerprint density at radius 1 is 1.07 bits per heavy atom. The molecule has 2 aromatic carbocycles. The fourth-order valence-corrected chi connectivity index (χ4v) is 4.54. The van der Waals surface area contributed by atoms with Gasteiger partial charge in [-0.2, -0.15) is 5.10 Å². The highest BCUT2D eigenvalue weighted by molar-refractivity contribution is 5.95. The van der Waals surface area contributed by atoms with E-state index in [1.165, 1.54) is 16.8 Å². The Balaban J connectivity index is 1.69. The van der Waals surface area contributed by atoms with Gasteiger partial charge < -0.3 is 10.6 Å². The predicted octanol–water partition coefficient (Wildman–Crippen LogP) is 3.94. The average molecular weight is 399 g/mol. The van der Waals surface area contributed by atoms with E-state index in [0.29, 0.717) is 11.7 Å². The Morgan fingerprint density at radius 2 is 1.73 bits per heavy atom. The molecule has 0 spiro atoms. The first kappa shape index (κ1) is 18.7.